The van der Waals surface area contributed by atoms with Gasteiger partial charge in [-0.25, -0.2) is 15.0 Å². The number of carbonyl (C=O) groups is 1. The molecule has 3 aromatic rings. The lowest BCUT2D eigenvalue weighted by atomic mass is 10.1. The van der Waals surface area contributed by atoms with Gasteiger partial charge in [-0.2, -0.15) is 0 Å². The summed E-state index contributed by atoms with van der Waals surface area (Å²) in [7, 11) is 0. The van der Waals surface area contributed by atoms with Crippen molar-refractivity contribution in [2.24, 2.45) is 5.73 Å². The van der Waals surface area contributed by atoms with Crippen LogP contribution in [0.1, 0.15) is 24.8 Å². The molecule has 4 rings (SSSR count). The fraction of sp³-hybridized carbons (Fsp3) is 0.412. The van der Waals surface area contributed by atoms with Crippen LogP contribution < -0.4 is 10.6 Å². The Kier molecular flexibility index (Phi) is 4.47. The molecular weight excluding hydrogens is 354 g/mol. The van der Waals surface area contributed by atoms with Crippen LogP contribution in [0.2, 0.25) is 0 Å². The summed E-state index contributed by atoms with van der Waals surface area (Å²) in [4.78, 5) is 28.2. The number of thiophene rings is 1. The maximum absolute atomic E-state index is 11.1. The van der Waals surface area contributed by atoms with Crippen LogP contribution in [0.5, 0.6) is 0 Å². The number of anilines is 1. The first kappa shape index (κ1) is 16.5. The van der Waals surface area contributed by atoms with E-state index in [1.807, 2.05) is 0 Å². The minimum atomic E-state index is -0.348. The van der Waals surface area contributed by atoms with Gasteiger partial charge in [0, 0.05) is 18.5 Å². The Hall–Kier alpha value is -1.93. The van der Waals surface area contributed by atoms with Crippen LogP contribution in [-0.2, 0) is 4.79 Å². The molecule has 25 heavy (non-hydrogen) atoms. The normalized spacial score (nSPS) is 15.2. The number of hydrogen-bond donors (Lipinski definition) is 1. The molecule has 0 radical (unpaired) electrons. The number of primary amides is 1. The van der Waals surface area contributed by atoms with Gasteiger partial charge in [-0.15, -0.1) is 11.3 Å². The minimum Gasteiger partial charge on any atom is -0.369 e. The van der Waals surface area contributed by atoms with Crippen molar-refractivity contribution in [2.45, 2.75) is 31.2 Å². The number of nitrogens with zero attached hydrogens (tertiary/aromatic N) is 4. The van der Waals surface area contributed by atoms with Gasteiger partial charge >= 0.3 is 0 Å². The number of hydrogen-bond acceptors (Lipinski definition) is 7. The SMILES string of the molecule is Cc1cc(N2CCCCC2)nc2sc3c(SCC(N)=O)ncnc3c12. The molecule has 1 saturated heterocycles. The van der Waals surface area contributed by atoms with E-state index in [9.17, 15) is 4.79 Å². The highest BCUT2D eigenvalue weighted by molar-refractivity contribution is 8.00. The number of thioether (sulfide) groups is 1. The van der Waals surface area contributed by atoms with E-state index >= 15 is 0 Å². The third-order valence-corrected chi connectivity index (χ3v) is 6.63. The zero-order valence-corrected chi connectivity index (χ0v) is 15.6. The highest BCUT2D eigenvalue weighted by Gasteiger charge is 2.18. The summed E-state index contributed by atoms with van der Waals surface area (Å²) in [5.41, 5.74) is 7.36. The van der Waals surface area contributed by atoms with E-state index in [0.29, 0.717) is 0 Å². The highest BCUT2D eigenvalue weighted by atomic mass is 32.2. The third kappa shape index (κ3) is 3.16. The maximum atomic E-state index is 11.1. The van der Waals surface area contributed by atoms with Crippen molar-refractivity contribution in [3.63, 3.8) is 0 Å². The summed E-state index contributed by atoms with van der Waals surface area (Å²) in [6.45, 7) is 4.26. The van der Waals surface area contributed by atoms with E-state index in [0.717, 1.165) is 44.4 Å². The van der Waals surface area contributed by atoms with Gasteiger partial charge in [0.25, 0.3) is 0 Å². The molecule has 0 bridgehead atoms. The fourth-order valence-electron chi connectivity index (χ4n) is 3.24. The maximum Gasteiger partial charge on any atom is 0.227 e. The predicted octanol–water partition coefficient (Wildman–Crippen LogP) is 3.12. The molecule has 0 aliphatic carbocycles. The Bertz CT molecular complexity index is 949. The summed E-state index contributed by atoms with van der Waals surface area (Å²) < 4.78 is 0.982. The summed E-state index contributed by atoms with van der Waals surface area (Å²) in [5.74, 6) is 0.918. The largest absolute Gasteiger partial charge is 0.369 e. The lowest BCUT2D eigenvalue weighted by molar-refractivity contribution is -0.115. The fourth-order valence-corrected chi connectivity index (χ4v) is 5.25. The molecule has 2 N–H and O–H groups in total. The van der Waals surface area contributed by atoms with Gasteiger partial charge in [-0.3, -0.25) is 4.79 Å². The van der Waals surface area contributed by atoms with Crippen LogP contribution in [0.3, 0.4) is 0 Å². The first-order valence-corrected chi connectivity index (χ1v) is 10.1. The molecule has 1 amide bonds. The first-order valence-electron chi connectivity index (χ1n) is 8.34. The number of aryl methyl sites for hydroxylation is 1. The Morgan fingerprint density at radius 2 is 2.12 bits per heavy atom. The van der Waals surface area contributed by atoms with Gasteiger partial charge < -0.3 is 10.6 Å². The molecule has 8 heteroatoms. The van der Waals surface area contributed by atoms with Crippen molar-refractivity contribution in [3.05, 3.63) is 18.0 Å². The van der Waals surface area contributed by atoms with Crippen molar-refractivity contribution in [1.82, 2.24) is 15.0 Å². The lowest BCUT2D eigenvalue weighted by Crippen LogP contribution is -2.30. The van der Waals surface area contributed by atoms with Gasteiger partial charge in [0.2, 0.25) is 5.91 Å². The molecule has 6 nitrogen and oxygen atoms in total. The monoisotopic (exact) mass is 373 g/mol. The summed E-state index contributed by atoms with van der Waals surface area (Å²) >= 11 is 2.95. The van der Waals surface area contributed by atoms with Crippen molar-refractivity contribution < 1.29 is 4.79 Å². The van der Waals surface area contributed by atoms with Crippen LogP contribution >= 0.6 is 23.1 Å². The number of fused-ring (bicyclic) bond motifs is 3. The number of amides is 1. The number of rotatable bonds is 4. The standard InChI is InChI=1S/C17H19N5OS2/c1-10-7-12(22-5-3-2-4-6-22)21-16-13(10)14-15(25-16)17(20-9-19-14)24-8-11(18)23/h7,9H,2-6,8H2,1H3,(H2,18,23). The summed E-state index contributed by atoms with van der Waals surface area (Å²) in [5, 5.41) is 1.88. The van der Waals surface area contributed by atoms with Gasteiger partial charge in [0.05, 0.1) is 16.0 Å². The quantitative estimate of drug-likeness (QED) is 0.559. The topological polar surface area (TPSA) is 85.0 Å². The third-order valence-electron chi connectivity index (χ3n) is 4.41. The second-order valence-electron chi connectivity index (χ2n) is 6.24. The Morgan fingerprint density at radius 3 is 2.88 bits per heavy atom. The van der Waals surface area contributed by atoms with Crippen LogP contribution in [0.25, 0.3) is 20.4 Å². The number of piperidine rings is 1. The number of aromatic nitrogens is 3. The number of pyridine rings is 1. The van der Waals surface area contributed by atoms with Gasteiger partial charge in [-0.1, -0.05) is 11.8 Å². The molecule has 0 unspecified atom stereocenters. The second kappa shape index (κ2) is 6.76. The molecule has 130 valence electrons. The average molecular weight is 374 g/mol. The summed E-state index contributed by atoms with van der Waals surface area (Å²) in [6, 6.07) is 2.16. The number of carbonyl (C=O) groups excluding carboxylic acids is 1. The Labute approximate surface area is 153 Å². The van der Waals surface area contributed by atoms with Crippen LogP contribution in [0.4, 0.5) is 5.82 Å². The molecule has 1 fully saturated rings. The minimum absolute atomic E-state index is 0.214. The zero-order valence-electron chi connectivity index (χ0n) is 14.0. The van der Waals surface area contributed by atoms with E-state index in [1.165, 1.54) is 36.6 Å². The molecule has 1 aliphatic rings. The molecule has 0 saturated carbocycles. The Balaban J connectivity index is 1.82. The van der Waals surface area contributed by atoms with Crippen LogP contribution in [0, 0.1) is 6.92 Å². The van der Waals surface area contributed by atoms with Crippen molar-refractivity contribution in [2.75, 3.05) is 23.7 Å². The van der Waals surface area contributed by atoms with Gasteiger partial charge in [-0.05, 0) is 37.8 Å². The smallest absolute Gasteiger partial charge is 0.227 e. The van der Waals surface area contributed by atoms with Gasteiger partial charge in [0.15, 0.2) is 0 Å². The van der Waals surface area contributed by atoms with E-state index in [4.69, 9.17) is 10.7 Å². The van der Waals surface area contributed by atoms with E-state index in [2.05, 4.69) is 27.9 Å². The predicted molar refractivity (Wildman–Crippen MR) is 103 cm³/mol. The van der Waals surface area contributed by atoms with E-state index < -0.39 is 0 Å². The molecular formula is C17H19N5OS2. The van der Waals surface area contributed by atoms with Gasteiger partial charge in [0.1, 0.15) is 22.0 Å². The van der Waals surface area contributed by atoms with Crippen molar-refractivity contribution in [3.8, 4) is 0 Å². The second-order valence-corrected chi connectivity index (χ2v) is 8.20. The molecule has 0 aromatic carbocycles. The molecule has 3 aromatic heterocycles. The van der Waals surface area contributed by atoms with Crippen molar-refractivity contribution in [1.29, 1.82) is 0 Å². The van der Waals surface area contributed by atoms with Crippen LogP contribution in [-0.4, -0.2) is 39.7 Å². The Morgan fingerprint density at radius 1 is 1.32 bits per heavy atom. The lowest BCUT2D eigenvalue weighted by Gasteiger charge is -2.28. The molecule has 0 atom stereocenters. The highest BCUT2D eigenvalue weighted by Crippen LogP contribution is 2.39. The van der Waals surface area contributed by atoms with E-state index in [-0.39, 0.29) is 11.7 Å². The average Bonchev–Trinajstić information content (AvgIpc) is 3.00. The zero-order chi connectivity index (χ0) is 17.4. The van der Waals surface area contributed by atoms with Crippen molar-refractivity contribution >= 4 is 55.3 Å². The van der Waals surface area contributed by atoms with Crippen LogP contribution in [0.15, 0.2) is 17.4 Å². The summed E-state index contributed by atoms with van der Waals surface area (Å²) in [6.07, 6.45) is 5.31. The molecule has 4 heterocycles. The molecule has 0 spiro atoms. The molecule has 1 aliphatic heterocycles. The van der Waals surface area contributed by atoms with E-state index in [1.54, 1.807) is 17.7 Å². The number of nitrogens with two attached hydrogens (primary N) is 1. The first-order chi connectivity index (χ1) is 12.1.